The van der Waals surface area contributed by atoms with Crippen molar-refractivity contribution in [2.45, 2.75) is 11.8 Å². The smallest absolute Gasteiger partial charge is 0.132 e. The van der Waals surface area contributed by atoms with Gasteiger partial charge in [0.15, 0.2) is 0 Å². The Morgan fingerprint density at radius 3 is 2.61 bits per heavy atom. The summed E-state index contributed by atoms with van der Waals surface area (Å²) in [4.78, 5) is 5.43. The fraction of sp³-hybridized carbons (Fsp3) is 0.214. The molecule has 3 nitrogen and oxygen atoms in total. The molecule has 1 N–H and O–H groups in total. The van der Waals surface area contributed by atoms with Gasteiger partial charge in [0, 0.05) is 23.7 Å². The van der Waals surface area contributed by atoms with Crippen molar-refractivity contribution in [1.29, 1.82) is 0 Å². The molecule has 2 rings (SSSR count). The van der Waals surface area contributed by atoms with Crippen LogP contribution in [0.5, 0.6) is 11.5 Å². The third-order valence-corrected chi connectivity index (χ3v) is 3.13. The third kappa shape index (κ3) is 3.40. The van der Waals surface area contributed by atoms with Crippen LogP contribution in [0.2, 0.25) is 0 Å². The number of rotatable bonds is 5. The predicted octanol–water partition coefficient (Wildman–Crippen LogP) is 4.03. The van der Waals surface area contributed by atoms with Crippen LogP contribution in [0.4, 0.5) is 5.82 Å². The van der Waals surface area contributed by atoms with Crippen LogP contribution >= 0.6 is 11.8 Å². The number of hydrogen-bond donors (Lipinski definition) is 1. The molecular formula is C14H16N2OS. The van der Waals surface area contributed by atoms with Gasteiger partial charge in [0.2, 0.25) is 0 Å². The number of pyridine rings is 1. The van der Waals surface area contributed by atoms with E-state index in [0.29, 0.717) is 0 Å². The van der Waals surface area contributed by atoms with Crippen LogP contribution in [0.3, 0.4) is 0 Å². The summed E-state index contributed by atoms with van der Waals surface area (Å²) in [6, 6.07) is 11.8. The highest BCUT2D eigenvalue weighted by molar-refractivity contribution is 7.98. The van der Waals surface area contributed by atoms with Gasteiger partial charge in [-0.25, -0.2) is 4.98 Å². The van der Waals surface area contributed by atoms with Gasteiger partial charge in [-0.05, 0) is 43.5 Å². The normalized spacial score (nSPS) is 10.1. The lowest BCUT2D eigenvalue weighted by molar-refractivity contribution is 0.482. The summed E-state index contributed by atoms with van der Waals surface area (Å²) in [6.07, 6.45) is 3.80. The zero-order valence-corrected chi connectivity index (χ0v) is 11.3. The zero-order chi connectivity index (χ0) is 12.8. The van der Waals surface area contributed by atoms with Crippen LogP contribution in [0, 0.1) is 0 Å². The molecule has 0 aliphatic carbocycles. The maximum Gasteiger partial charge on any atom is 0.132 e. The lowest BCUT2D eigenvalue weighted by atomic mass is 10.3. The highest BCUT2D eigenvalue weighted by Crippen LogP contribution is 2.25. The Hall–Kier alpha value is -1.68. The Morgan fingerprint density at radius 2 is 1.94 bits per heavy atom. The molecule has 18 heavy (non-hydrogen) atoms. The Morgan fingerprint density at radius 1 is 1.17 bits per heavy atom. The number of hydrogen-bond acceptors (Lipinski definition) is 4. The largest absolute Gasteiger partial charge is 0.457 e. The van der Waals surface area contributed by atoms with Crippen LogP contribution < -0.4 is 10.1 Å². The van der Waals surface area contributed by atoms with E-state index < -0.39 is 0 Å². The number of anilines is 1. The molecule has 0 aliphatic heterocycles. The maximum atomic E-state index is 5.78. The fourth-order valence-electron chi connectivity index (χ4n) is 1.53. The summed E-state index contributed by atoms with van der Waals surface area (Å²) < 4.78 is 5.78. The van der Waals surface area contributed by atoms with E-state index >= 15 is 0 Å². The first-order valence-corrected chi connectivity index (χ1v) is 7.06. The number of aromatic nitrogens is 1. The van der Waals surface area contributed by atoms with Gasteiger partial charge < -0.3 is 10.1 Å². The molecule has 1 heterocycles. The fourth-order valence-corrected chi connectivity index (χ4v) is 1.94. The van der Waals surface area contributed by atoms with Crippen LogP contribution in [0.1, 0.15) is 6.92 Å². The number of nitrogens with zero attached hydrogens (tertiary/aromatic N) is 1. The van der Waals surface area contributed by atoms with Crippen LogP contribution in [0.25, 0.3) is 0 Å². The van der Waals surface area contributed by atoms with Crippen molar-refractivity contribution in [3.8, 4) is 11.5 Å². The van der Waals surface area contributed by atoms with E-state index in [-0.39, 0.29) is 0 Å². The van der Waals surface area contributed by atoms with E-state index in [9.17, 15) is 0 Å². The lowest BCUT2D eigenvalue weighted by Gasteiger charge is -2.08. The molecule has 4 heteroatoms. The molecule has 0 amide bonds. The summed E-state index contributed by atoms with van der Waals surface area (Å²) in [7, 11) is 0. The second kappa shape index (κ2) is 6.31. The van der Waals surface area contributed by atoms with Crippen LogP contribution in [0.15, 0.2) is 47.5 Å². The van der Waals surface area contributed by atoms with Gasteiger partial charge in [0.05, 0.1) is 0 Å². The molecule has 0 saturated carbocycles. The van der Waals surface area contributed by atoms with Crippen molar-refractivity contribution < 1.29 is 4.74 Å². The van der Waals surface area contributed by atoms with Gasteiger partial charge in [0.25, 0.3) is 0 Å². The predicted molar refractivity (Wildman–Crippen MR) is 76.7 cm³/mol. The standard InChI is InChI=1S/C14H16N2OS/c1-3-15-14-10-12(8-9-16-14)17-11-4-6-13(18-2)7-5-11/h4-10H,3H2,1-2H3,(H,15,16). The molecular weight excluding hydrogens is 244 g/mol. The summed E-state index contributed by atoms with van der Waals surface area (Å²) in [5.74, 6) is 2.45. The average molecular weight is 260 g/mol. The molecule has 0 atom stereocenters. The average Bonchev–Trinajstić information content (AvgIpc) is 2.40. The molecule has 0 saturated heterocycles. The van der Waals surface area contributed by atoms with Crippen molar-refractivity contribution in [2.75, 3.05) is 18.1 Å². The molecule has 1 aromatic heterocycles. The molecule has 1 aromatic carbocycles. The van der Waals surface area contributed by atoms with Gasteiger partial charge in [-0.1, -0.05) is 0 Å². The minimum atomic E-state index is 0.790. The number of nitrogens with one attached hydrogen (secondary N) is 1. The van der Waals surface area contributed by atoms with E-state index in [4.69, 9.17) is 4.74 Å². The number of benzene rings is 1. The van der Waals surface area contributed by atoms with Crippen molar-refractivity contribution in [2.24, 2.45) is 0 Å². The van der Waals surface area contributed by atoms with Crippen molar-refractivity contribution in [1.82, 2.24) is 4.98 Å². The Kier molecular flexibility index (Phi) is 4.47. The molecule has 0 bridgehead atoms. The highest BCUT2D eigenvalue weighted by Gasteiger charge is 1.99. The Balaban J connectivity index is 2.09. The second-order valence-electron chi connectivity index (χ2n) is 3.68. The summed E-state index contributed by atoms with van der Waals surface area (Å²) >= 11 is 1.72. The van der Waals surface area contributed by atoms with Gasteiger partial charge in [0.1, 0.15) is 17.3 Å². The van der Waals surface area contributed by atoms with Crippen molar-refractivity contribution >= 4 is 17.6 Å². The zero-order valence-electron chi connectivity index (χ0n) is 10.5. The summed E-state index contributed by atoms with van der Waals surface area (Å²) in [6.45, 7) is 2.88. The first kappa shape index (κ1) is 12.8. The van der Waals surface area contributed by atoms with Gasteiger partial charge in [-0.3, -0.25) is 0 Å². The molecule has 0 unspecified atom stereocenters. The van der Waals surface area contributed by atoms with Crippen molar-refractivity contribution in [3.63, 3.8) is 0 Å². The minimum Gasteiger partial charge on any atom is -0.457 e. The SMILES string of the molecule is CCNc1cc(Oc2ccc(SC)cc2)ccn1. The third-order valence-electron chi connectivity index (χ3n) is 2.38. The second-order valence-corrected chi connectivity index (χ2v) is 4.56. The van der Waals surface area contributed by atoms with E-state index in [1.54, 1.807) is 18.0 Å². The van der Waals surface area contributed by atoms with E-state index in [1.807, 2.05) is 43.3 Å². The van der Waals surface area contributed by atoms with E-state index in [2.05, 4.69) is 16.6 Å². The quantitative estimate of drug-likeness (QED) is 0.823. The van der Waals surface area contributed by atoms with Crippen LogP contribution in [-0.4, -0.2) is 17.8 Å². The van der Waals surface area contributed by atoms with Crippen molar-refractivity contribution in [3.05, 3.63) is 42.6 Å². The molecule has 0 radical (unpaired) electrons. The van der Waals surface area contributed by atoms with Crippen LogP contribution in [-0.2, 0) is 0 Å². The summed E-state index contributed by atoms with van der Waals surface area (Å²) in [5.41, 5.74) is 0. The lowest BCUT2D eigenvalue weighted by Crippen LogP contribution is -1.98. The van der Waals surface area contributed by atoms with Gasteiger partial charge in [-0.15, -0.1) is 11.8 Å². The van der Waals surface area contributed by atoms with Gasteiger partial charge in [-0.2, -0.15) is 0 Å². The highest BCUT2D eigenvalue weighted by atomic mass is 32.2. The molecule has 94 valence electrons. The minimum absolute atomic E-state index is 0.790. The monoisotopic (exact) mass is 260 g/mol. The topological polar surface area (TPSA) is 34.1 Å². The Labute approximate surface area is 112 Å². The van der Waals surface area contributed by atoms with E-state index in [1.165, 1.54) is 4.90 Å². The molecule has 0 spiro atoms. The molecule has 2 aromatic rings. The molecule has 0 aliphatic rings. The maximum absolute atomic E-state index is 5.78. The molecule has 0 fully saturated rings. The first-order valence-electron chi connectivity index (χ1n) is 5.83. The Bertz CT molecular complexity index is 499. The van der Waals surface area contributed by atoms with E-state index in [0.717, 1.165) is 23.9 Å². The number of ether oxygens (including phenoxy) is 1. The van der Waals surface area contributed by atoms with Gasteiger partial charge >= 0.3 is 0 Å². The first-order chi connectivity index (χ1) is 8.81. The number of thioether (sulfide) groups is 1. The summed E-state index contributed by atoms with van der Waals surface area (Å²) in [5, 5.41) is 3.16.